The van der Waals surface area contributed by atoms with Gasteiger partial charge in [0.05, 0.1) is 27.2 Å². The monoisotopic (exact) mass is 441 g/mol. The molecule has 3 rings (SSSR count). The summed E-state index contributed by atoms with van der Waals surface area (Å²) in [5.74, 6) is -0.206. The fraction of sp³-hybridized carbons (Fsp3) is 0.176. The van der Waals surface area contributed by atoms with Crippen LogP contribution in [0.25, 0.3) is 5.69 Å². The molecule has 0 spiro atoms. The molecule has 3 aromatic rings. The number of amides is 1. The second-order valence-electron chi connectivity index (χ2n) is 5.67. The van der Waals surface area contributed by atoms with Gasteiger partial charge in [-0.3, -0.25) is 4.79 Å². The number of anilines is 1. The van der Waals surface area contributed by atoms with Crippen LogP contribution in [0.15, 0.2) is 35.5 Å². The number of hydrogen-bond acceptors (Lipinski definition) is 5. The molecule has 0 aliphatic carbocycles. The van der Waals surface area contributed by atoms with Gasteiger partial charge in [0, 0.05) is 5.02 Å². The number of aryl methyl sites for hydroxylation is 1. The summed E-state index contributed by atoms with van der Waals surface area (Å²) in [6.45, 7) is 4.01. The summed E-state index contributed by atoms with van der Waals surface area (Å²) in [6, 6.07) is 8.90. The van der Waals surface area contributed by atoms with Crippen molar-refractivity contribution in [3.63, 3.8) is 0 Å². The van der Waals surface area contributed by atoms with E-state index < -0.39 is 0 Å². The van der Waals surface area contributed by atoms with Gasteiger partial charge < -0.3 is 5.32 Å². The summed E-state index contributed by atoms with van der Waals surface area (Å²) in [5, 5.41) is 15.9. The Hall–Kier alpha value is -1.80. The minimum Gasteiger partial charge on any atom is -0.323 e. The van der Waals surface area contributed by atoms with E-state index >= 15 is 0 Å². The van der Waals surface area contributed by atoms with Crippen LogP contribution < -0.4 is 5.32 Å². The molecule has 0 aliphatic heterocycles. The lowest BCUT2D eigenvalue weighted by Gasteiger charge is -2.11. The summed E-state index contributed by atoms with van der Waals surface area (Å²) < 4.78 is 1.61. The first-order valence-electron chi connectivity index (χ1n) is 7.79. The topological polar surface area (TPSA) is 72.7 Å². The smallest absolute Gasteiger partial charge is 0.234 e. The minimum absolute atomic E-state index is 0.0839. The highest BCUT2D eigenvalue weighted by atomic mass is 35.5. The maximum Gasteiger partial charge on any atom is 0.234 e. The Kier molecular flexibility index (Phi) is 6.26. The van der Waals surface area contributed by atoms with Crippen LogP contribution in [-0.4, -0.2) is 31.9 Å². The van der Waals surface area contributed by atoms with E-state index in [4.69, 9.17) is 34.8 Å². The van der Waals surface area contributed by atoms with Gasteiger partial charge in [0.25, 0.3) is 0 Å². The van der Waals surface area contributed by atoms with Gasteiger partial charge in [-0.05, 0) is 53.6 Å². The summed E-state index contributed by atoms with van der Waals surface area (Å²) in [5.41, 5.74) is 3.38. The highest BCUT2D eigenvalue weighted by Gasteiger charge is 2.16. The van der Waals surface area contributed by atoms with Crippen molar-refractivity contribution >= 4 is 58.2 Å². The van der Waals surface area contributed by atoms with Crippen molar-refractivity contribution < 1.29 is 4.79 Å². The molecular weight excluding hydrogens is 429 g/mol. The molecule has 2 aromatic carbocycles. The second-order valence-corrected chi connectivity index (χ2v) is 7.87. The van der Waals surface area contributed by atoms with Crippen LogP contribution in [-0.2, 0) is 4.79 Å². The predicted molar refractivity (Wildman–Crippen MR) is 109 cm³/mol. The quantitative estimate of drug-likeness (QED) is 0.565. The number of nitrogens with one attached hydrogen (secondary N) is 1. The Balaban J connectivity index is 1.73. The van der Waals surface area contributed by atoms with E-state index in [1.807, 2.05) is 32.0 Å². The third-order valence-electron chi connectivity index (χ3n) is 3.85. The first-order valence-corrected chi connectivity index (χ1v) is 9.91. The number of halogens is 3. The molecule has 1 amide bonds. The maximum atomic E-state index is 12.3. The van der Waals surface area contributed by atoms with Crippen LogP contribution >= 0.6 is 46.6 Å². The van der Waals surface area contributed by atoms with Crippen molar-refractivity contribution in [2.45, 2.75) is 19.0 Å². The van der Waals surface area contributed by atoms with E-state index in [1.165, 1.54) is 23.9 Å². The van der Waals surface area contributed by atoms with Crippen molar-refractivity contribution in [2.75, 3.05) is 11.1 Å². The van der Waals surface area contributed by atoms with Gasteiger partial charge in [0.15, 0.2) is 0 Å². The average molecular weight is 443 g/mol. The molecule has 27 heavy (non-hydrogen) atoms. The lowest BCUT2D eigenvalue weighted by Crippen LogP contribution is -2.15. The van der Waals surface area contributed by atoms with Gasteiger partial charge >= 0.3 is 0 Å². The van der Waals surface area contributed by atoms with Crippen molar-refractivity contribution in [1.82, 2.24) is 20.2 Å². The molecule has 0 bridgehead atoms. The molecule has 0 saturated heterocycles. The Labute approximate surface area is 175 Å². The normalized spacial score (nSPS) is 10.9. The molecule has 1 aromatic heterocycles. The van der Waals surface area contributed by atoms with Gasteiger partial charge in [0.1, 0.15) is 0 Å². The molecule has 6 nitrogen and oxygen atoms in total. The Morgan fingerprint density at radius 2 is 1.89 bits per heavy atom. The molecule has 0 saturated carbocycles. The maximum absolute atomic E-state index is 12.3. The molecular formula is C17H14Cl3N5OS. The average Bonchev–Trinajstić information content (AvgIpc) is 3.07. The standard InChI is InChI=1S/C17H14Cl3N5OS/c1-9-4-3-5-14(10(9)2)25-17(22-23-24-25)27-8-15(26)21-16-12(19)6-11(18)7-13(16)20/h3-7H,8H2,1-2H3,(H,21,26). The van der Waals surface area contributed by atoms with E-state index in [1.54, 1.807) is 4.68 Å². The molecule has 140 valence electrons. The zero-order valence-electron chi connectivity index (χ0n) is 14.3. The van der Waals surface area contributed by atoms with Crippen molar-refractivity contribution in [3.8, 4) is 5.69 Å². The number of aromatic nitrogens is 4. The fourth-order valence-electron chi connectivity index (χ4n) is 2.35. The molecule has 1 heterocycles. The van der Waals surface area contributed by atoms with Gasteiger partial charge in [-0.25, -0.2) is 0 Å². The minimum atomic E-state index is -0.290. The lowest BCUT2D eigenvalue weighted by atomic mass is 10.1. The van der Waals surface area contributed by atoms with Gasteiger partial charge in [0.2, 0.25) is 11.1 Å². The van der Waals surface area contributed by atoms with Gasteiger partial charge in [-0.2, -0.15) is 4.68 Å². The van der Waals surface area contributed by atoms with Crippen molar-refractivity contribution in [2.24, 2.45) is 0 Å². The number of carbonyl (C=O) groups is 1. The fourth-order valence-corrected chi connectivity index (χ4v) is 3.95. The zero-order chi connectivity index (χ0) is 19.6. The molecule has 0 radical (unpaired) electrons. The highest BCUT2D eigenvalue weighted by Crippen LogP contribution is 2.34. The van der Waals surface area contributed by atoms with Crippen LogP contribution in [0.1, 0.15) is 11.1 Å². The number of rotatable bonds is 5. The molecule has 10 heteroatoms. The summed E-state index contributed by atoms with van der Waals surface area (Å²) in [6.07, 6.45) is 0. The number of thioether (sulfide) groups is 1. The van der Waals surface area contributed by atoms with E-state index in [2.05, 4.69) is 20.8 Å². The largest absolute Gasteiger partial charge is 0.323 e. The number of carbonyl (C=O) groups excluding carboxylic acids is 1. The SMILES string of the molecule is Cc1cccc(-n2nnnc2SCC(=O)Nc2c(Cl)cc(Cl)cc2Cl)c1C. The van der Waals surface area contributed by atoms with Crippen LogP contribution in [0.4, 0.5) is 5.69 Å². The molecule has 0 fully saturated rings. The second kappa shape index (κ2) is 8.48. The molecule has 1 N–H and O–H groups in total. The Bertz CT molecular complexity index is 985. The third kappa shape index (κ3) is 4.55. The summed E-state index contributed by atoms with van der Waals surface area (Å²) >= 11 is 19.3. The number of tetrazole rings is 1. The highest BCUT2D eigenvalue weighted by molar-refractivity contribution is 7.99. The molecule has 0 atom stereocenters. The van der Waals surface area contributed by atoms with Crippen LogP contribution in [0, 0.1) is 13.8 Å². The Morgan fingerprint density at radius 1 is 1.19 bits per heavy atom. The van der Waals surface area contributed by atoms with E-state index in [0.717, 1.165) is 16.8 Å². The van der Waals surface area contributed by atoms with Crippen molar-refractivity contribution in [3.05, 3.63) is 56.5 Å². The summed E-state index contributed by atoms with van der Waals surface area (Å²) in [7, 11) is 0. The Morgan fingerprint density at radius 3 is 2.59 bits per heavy atom. The van der Waals surface area contributed by atoms with E-state index in [9.17, 15) is 4.79 Å². The third-order valence-corrected chi connectivity index (χ3v) is 5.58. The van der Waals surface area contributed by atoms with E-state index in [0.29, 0.717) is 15.9 Å². The van der Waals surface area contributed by atoms with Gasteiger partial charge in [-0.15, -0.1) is 5.10 Å². The van der Waals surface area contributed by atoms with Gasteiger partial charge in [-0.1, -0.05) is 58.7 Å². The first-order chi connectivity index (χ1) is 12.9. The van der Waals surface area contributed by atoms with Crippen LogP contribution in [0.3, 0.4) is 0 Å². The van der Waals surface area contributed by atoms with Crippen molar-refractivity contribution in [1.29, 1.82) is 0 Å². The number of hydrogen-bond donors (Lipinski definition) is 1. The van der Waals surface area contributed by atoms with Crippen LogP contribution in [0.2, 0.25) is 15.1 Å². The lowest BCUT2D eigenvalue weighted by molar-refractivity contribution is -0.113. The first kappa shape index (κ1) is 19.9. The number of benzene rings is 2. The van der Waals surface area contributed by atoms with E-state index in [-0.39, 0.29) is 21.7 Å². The summed E-state index contributed by atoms with van der Waals surface area (Å²) in [4.78, 5) is 12.3. The zero-order valence-corrected chi connectivity index (χ0v) is 17.4. The molecule has 0 unspecified atom stereocenters. The number of nitrogens with zero attached hydrogens (tertiary/aromatic N) is 4. The van der Waals surface area contributed by atoms with Crippen LogP contribution in [0.5, 0.6) is 0 Å². The predicted octanol–water partition coefficient (Wildman–Crippen LogP) is 4.97. The molecule has 0 aliphatic rings.